The molecule has 24 heavy (non-hydrogen) atoms. The largest absolute Gasteiger partial charge is 0.344 e. The minimum atomic E-state index is -0.111. The first-order valence-corrected chi connectivity index (χ1v) is 8.50. The maximum atomic E-state index is 12.3. The summed E-state index contributed by atoms with van der Waals surface area (Å²) in [6, 6.07) is 8.07. The van der Waals surface area contributed by atoms with Crippen molar-refractivity contribution in [3.8, 4) is 0 Å². The Morgan fingerprint density at radius 3 is 2.62 bits per heavy atom. The predicted octanol–water partition coefficient (Wildman–Crippen LogP) is 3.02. The third-order valence-corrected chi connectivity index (χ3v) is 4.67. The second-order valence-electron chi connectivity index (χ2n) is 7.75. The number of aryl methyl sites for hydroxylation is 1. The number of hydrogen-bond acceptors (Lipinski definition) is 4. The van der Waals surface area contributed by atoms with Crippen LogP contribution in [0.5, 0.6) is 0 Å². The van der Waals surface area contributed by atoms with Crippen LogP contribution in [-0.4, -0.2) is 46.5 Å². The van der Waals surface area contributed by atoms with Gasteiger partial charge in [0.2, 0.25) is 11.9 Å². The first-order chi connectivity index (χ1) is 11.3. The van der Waals surface area contributed by atoms with Gasteiger partial charge in [0.1, 0.15) is 0 Å². The molecule has 0 saturated carbocycles. The summed E-state index contributed by atoms with van der Waals surface area (Å²) in [6.07, 6.45) is 0.605. The van der Waals surface area contributed by atoms with Crippen LogP contribution in [0.25, 0.3) is 10.9 Å². The van der Waals surface area contributed by atoms with Crippen molar-refractivity contribution in [2.45, 2.75) is 39.7 Å². The fourth-order valence-corrected chi connectivity index (χ4v) is 3.41. The number of benzene rings is 1. The van der Waals surface area contributed by atoms with Crippen molar-refractivity contribution < 1.29 is 4.79 Å². The van der Waals surface area contributed by atoms with Gasteiger partial charge in [-0.3, -0.25) is 4.79 Å². The molecule has 0 bridgehead atoms. The number of amides is 1. The zero-order valence-corrected chi connectivity index (χ0v) is 15.2. The van der Waals surface area contributed by atoms with Crippen molar-refractivity contribution in [3.63, 3.8) is 0 Å². The number of aromatic nitrogens is 2. The first-order valence-electron chi connectivity index (χ1n) is 8.50. The van der Waals surface area contributed by atoms with Crippen LogP contribution in [0.4, 0.5) is 5.95 Å². The molecule has 0 unspecified atom stereocenters. The number of rotatable bonds is 3. The molecule has 0 N–H and O–H groups in total. The minimum absolute atomic E-state index is 0.111. The number of carbonyl (C=O) groups excluding carboxylic acids is 1. The summed E-state index contributed by atoms with van der Waals surface area (Å²) in [5.74, 6) is 1.29. The van der Waals surface area contributed by atoms with Gasteiger partial charge in [0.05, 0.1) is 11.2 Å². The normalized spacial score (nSPS) is 18.5. The Morgan fingerprint density at radius 1 is 1.25 bits per heavy atom. The molecule has 128 valence electrons. The van der Waals surface area contributed by atoms with Gasteiger partial charge < -0.3 is 9.80 Å². The van der Waals surface area contributed by atoms with Crippen molar-refractivity contribution in [1.82, 2.24) is 14.9 Å². The average molecular weight is 326 g/mol. The topological polar surface area (TPSA) is 49.3 Å². The number of likely N-dealkylation sites (tertiary alicyclic amines) is 1. The van der Waals surface area contributed by atoms with E-state index >= 15 is 0 Å². The van der Waals surface area contributed by atoms with Gasteiger partial charge in [-0.2, -0.15) is 0 Å². The highest BCUT2D eigenvalue weighted by atomic mass is 16.2. The molecule has 1 aliphatic rings. The maximum Gasteiger partial charge on any atom is 0.225 e. The number of para-hydroxylation sites is 1. The lowest BCUT2D eigenvalue weighted by Gasteiger charge is -2.32. The molecule has 5 nitrogen and oxygen atoms in total. The molecule has 5 heteroatoms. The van der Waals surface area contributed by atoms with Crippen molar-refractivity contribution in [3.05, 3.63) is 30.0 Å². The Balaban J connectivity index is 1.76. The fraction of sp³-hybridized carbons (Fsp3) is 0.526. The molecule has 3 rings (SSSR count). The molecule has 1 fully saturated rings. The summed E-state index contributed by atoms with van der Waals surface area (Å²) in [5, 5.41) is 1.09. The van der Waals surface area contributed by atoms with Crippen LogP contribution in [0.2, 0.25) is 0 Å². The third-order valence-electron chi connectivity index (χ3n) is 4.67. The molecule has 1 aliphatic heterocycles. The smallest absolute Gasteiger partial charge is 0.225 e. The van der Waals surface area contributed by atoms with Crippen LogP contribution in [-0.2, 0) is 4.79 Å². The average Bonchev–Trinajstić information content (AvgIpc) is 2.88. The van der Waals surface area contributed by atoms with Gasteiger partial charge in [-0.1, -0.05) is 18.2 Å². The van der Waals surface area contributed by atoms with E-state index < -0.39 is 0 Å². The van der Waals surface area contributed by atoms with E-state index in [0.717, 1.165) is 35.6 Å². The summed E-state index contributed by atoms with van der Waals surface area (Å²) in [4.78, 5) is 25.6. The van der Waals surface area contributed by atoms with Crippen molar-refractivity contribution in [2.75, 3.05) is 25.0 Å². The second kappa shape index (κ2) is 6.04. The molecule has 0 aliphatic carbocycles. The fourth-order valence-electron chi connectivity index (χ4n) is 3.41. The summed E-state index contributed by atoms with van der Waals surface area (Å²) < 4.78 is 0. The van der Waals surface area contributed by atoms with E-state index in [4.69, 9.17) is 0 Å². The highest BCUT2D eigenvalue weighted by Crippen LogP contribution is 2.27. The van der Waals surface area contributed by atoms with Crippen LogP contribution in [0.15, 0.2) is 24.3 Å². The molecule has 1 saturated heterocycles. The highest BCUT2D eigenvalue weighted by molar-refractivity contribution is 5.82. The van der Waals surface area contributed by atoms with Gasteiger partial charge >= 0.3 is 0 Å². The Kier molecular flexibility index (Phi) is 4.20. The lowest BCUT2D eigenvalue weighted by molar-refractivity contribution is -0.131. The maximum absolute atomic E-state index is 12.3. The lowest BCUT2D eigenvalue weighted by Crippen LogP contribution is -2.42. The van der Waals surface area contributed by atoms with E-state index in [1.807, 2.05) is 43.1 Å². The third kappa shape index (κ3) is 3.21. The summed E-state index contributed by atoms with van der Waals surface area (Å²) >= 11 is 0. The van der Waals surface area contributed by atoms with Crippen LogP contribution in [0.1, 0.15) is 32.9 Å². The predicted molar refractivity (Wildman–Crippen MR) is 97.1 cm³/mol. The molecule has 0 radical (unpaired) electrons. The SMILES string of the molecule is Cc1nc(N(C)C[C@H]2CC(=O)N(C(C)(C)C)C2)nc2ccccc12. The Morgan fingerprint density at radius 2 is 1.96 bits per heavy atom. The molecule has 1 atom stereocenters. The minimum Gasteiger partial charge on any atom is -0.344 e. The number of anilines is 1. The second-order valence-corrected chi connectivity index (χ2v) is 7.75. The Labute approximate surface area is 143 Å². The Hall–Kier alpha value is -2.17. The van der Waals surface area contributed by atoms with Gasteiger partial charge in [-0.05, 0) is 33.8 Å². The van der Waals surface area contributed by atoms with Crippen molar-refractivity contribution in [1.29, 1.82) is 0 Å². The molecule has 2 aromatic rings. The Bertz CT molecular complexity index is 766. The number of fused-ring (bicyclic) bond motifs is 1. The van der Waals surface area contributed by atoms with E-state index in [0.29, 0.717) is 12.3 Å². The van der Waals surface area contributed by atoms with Gasteiger partial charge in [0.15, 0.2) is 0 Å². The first kappa shape index (κ1) is 16.7. The molecular weight excluding hydrogens is 300 g/mol. The van der Waals surface area contributed by atoms with Crippen LogP contribution in [0.3, 0.4) is 0 Å². The van der Waals surface area contributed by atoms with Gasteiger partial charge in [-0.25, -0.2) is 9.97 Å². The number of hydrogen-bond donors (Lipinski definition) is 0. The zero-order valence-electron chi connectivity index (χ0n) is 15.2. The molecule has 1 aromatic heterocycles. The summed E-state index contributed by atoms with van der Waals surface area (Å²) in [7, 11) is 2.01. The van der Waals surface area contributed by atoms with Crippen LogP contribution in [0, 0.1) is 12.8 Å². The number of nitrogens with zero attached hydrogens (tertiary/aromatic N) is 4. The molecular formula is C19H26N4O. The van der Waals surface area contributed by atoms with Gasteiger partial charge in [0.25, 0.3) is 0 Å². The standard InChI is InChI=1S/C19H26N4O/c1-13-15-8-6-7-9-16(15)21-18(20-13)22(5)11-14-10-17(24)23(12-14)19(2,3)4/h6-9,14H,10-12H2,1-5H3/t14-/m1/s1. The zero-order chi connectivity index (χ0) is 17.5. The highest BCUT2D eigenvalue weighted by Gasteiger charge is 2.36. The van der Waals surface area contributed by atoms with Crippen LogP contribution >= 0.6 is 0 Å². The quantitative estimate of drug-likeness (QED) is 0.870. The molecule has 2 heterocycles. The molecule has 1 amide bonds. The van der Waals surface area contributed by atoms with E-state index in [2.05, 4.69) is 35.6 Å². The van der Waals surface area contributed by atoms with E-state index in [9.17, 15) is 4.79 Å². The van der Waals surface area contributed by atoms with Gasteiger partial charge in [-0.15, -0.1) is 0 Å². The van der Waals surface area contributed by atoms with Crippen molar-refractivity contribution >= 4 is 22.8 Å². The molecule has 1 aromatic carbocycles. The molecule has 0 spiro atoms. The summed E-state index contributed by atoms with van der Waals surface area (Å²) in [6.45, 7) is 9.88. The van der Waals surface area contributed by atoms with Gasteiger partial charge in [0, 0.05) is 43.4 Å². The van der Waals surface area contributed by atoms with E-state index in [1.54, 1.807) is 0 Å². The number of carbonyl (C=O) groups is 1. The van der Waals surface area contributed by atoms with Crippen molar-refractivity contribution in [2.24, 2.45) is 5.92 Å². The summed E-state index contributed by atoms with van der Waals surface area (Å²) in [5.41, 5.74) is 1.84. The lowest BCUT2D eigenvalue weighted by atomic mass is 10.1. The van der Waals surface area contributed by atoms with E-state index in [-0.39, 0.29) is 11.4 Å². The van der Waals surface area contributed by atoms with E-state index in [1.165, 1.54) is 0 Å². The van der Waals surface area contributed by atoms with Crippen LogP contribution < -0.4 is 4.90 Å². The monoisotopic (exact) mass is 326 g/mol.